The van der Waals surface area contributed by atoms with E-state index >= 15 is 0 Å². The first kappa shape index (κ1) is 16.2. The summed E-state index contributed by atoms with van der Waals surface area (Å²) < 4.78 is 1.06. The summed E-state index contributed by atoms with van der Waals surface area (Å²) >= 11 is 2.33. The van der Waals surface area contributed by atoms with Gasteiger partial charge in [-0.3, -0.25) is 4.79 Å². The van der Waals surface area contributed by atoms with Crippen LogP contribution >= 0.6 is 22.6 Å². The predicted molar refractivity (Wildman–Crippen MR) is 66.3 cm³/mol. The monoisotopic (exact) mass is 534 g/mol. The molecule has 0 spiro atoms. The van der Waals surface area contributed by atoms with E-state index in [9.17, 15) is 4.79 Å². The van der Waals surface area contributed by atoms with Gasteiger partial charge in [-0.05, 0) is 26.2 Å². The first-order chi connectivity index (χ1) is 6.57. The molecule has 3 nitrogen and oxygen atoms in total. The van der Waals surface area contributed by atoms with E-state index in [1.807, 2.05) is 11.8 Å². The molecular weight excluding hydrogens is 518 g/mol. The number of alkyl halides is 1. The quantitative estimate of drug-likeness (QED) is 0.312. The van der Waals surface area contributed by atoms with Crippen molar-refractivity contribution in [3.05, 3.63) is 18.0 Å². The minimum Gasteiger partial charge on any atom is -0.695 e. The van der Waals surface area contributed by atoms with Gasteiger partial charge in [-0.25, -0.2) is 0 Å². The molecule has 2 atom stereocenters. The first-order valence-corrected chi connectivity index (χ1v) is 6.39. The zero-order chi connectivity index (χ0) is 10.7. The fourth-order valence-electron chi connectivity index (χ4n) is 2.00. The van der Waals surface area contributed by atoms with Crippen LogP contribution in [0, 0.1) is 44.1 Å². The van der Waals surface area contributed by atoms with Crippen LogP contribution in [0.4, 0.5) is 0 Å². The number of carbonyl (C=O) groups is 1. The SMILES string of the molecule is C=C([NH-])C(=O)N1C(C)CCC1CCI.[Ac]. The second kappa shape index (κ2) is 7.50. The summed E-state index contributed by atoms with van der Waals surface area (Å²) in [6.07, 6.45) is 3.16. The topological polar surface area (TPSA) is 44.1 Å². The molecule has 0 aliphatic carbocycles. The van der Waals surface area contributed by atoms with E-state index in [1.165, 1.54) is 0 Å². The van der Waals surface area contributed by atoms with E-state index in [1.54, 1.807) is 0 Å². The van der Waals surface area contributed by atoms with Crippen molar-refractivity contribution in [1.82, 2.24) is 4.90 Å². The van der Waals surface area contributed by atoms with Crippen LogP contribution in [0.3, 0.4) is 0 Å². The van der Waals surface area contributed by atoms with E-state index in [0.717, 1.165) is 23.7 Å². The average molecular weight is 534 g/mol. The zero-order valence-corrected chi connectivity index (χ0v) is 15.9. The molecule has 1 amide bonds. The van der Waals surface area contributed by atoms with Crippen molar-refractivity contribution in [3.63, 3.8) is 0 Å². The third-order valence-electron chi connectivity index (χ3n) is 2.72. The largest absolute Gasteiger partial charge is 0.695 e. The number of halogens is 1. The van der Waals surface area contributed by atoms with E-state index in [4.69, 9.17) is 5.73 Å². The Hall–Kier alpha value is 1.18. The van der Waals surface area contributed by atoms with Crippen LogP contribution < -0.4 is 0 Å². The maximum atomic E-state index is 11.7. The van der Waals surface area contributed by atoms with E-state index < -0.39 is 0 Å². The van der Waals surface area contributed by atoms with Crippen LogP contribution in [0.5, 0.6) is 0 Å². The summed E-state index contributed by atoms with van der Waals surface area (Å²) in [5.41, 5.74) is 7.19. The molecule has 1 radical (unpaired) electrons. The number of likely N-dealkylation sites (tertiary alicyclic amines) is 1. The van der Waals surface area contributed by atoms with Gasteiger partial charge in [0, 0.05) is 60.6 Å². The average Bonchev–Trinajstić information content (AvgIpc) is 2.47. The smallest absolute Gasteiger partial charge is 0.231 e. The standard InChI is InChI=1S/C10H16IN2O.Ac/c1-7-3-4-9(5-6-11)13(7)10(14)8(2)12;/h7,9,12H,2-6H2,1H3;/q-1;. The van der Waals surface area contributed by atoms with Gasteiger partial charge in [0.2, 0.25) is 5.91 Å². The van der Waals surface area contributed by atoms with Gasteiger partial charge in [0.1, 0.15) is 0 Å². The van der Waals surface area contributed by atoms with Gasteiger partial charge >= 0.3 is 0 Å². The number of amides is 1. The van der Waals surface area contributed by atoms with Gasteiger partial charge in [0.05, 0.1) is 0 Å². The molecule has 0 aromatic heterocycles. The van der Waals surface area contributed by atoms with Crippen molar-refractivity contribution >= 4 is 28.5 Å². The van der Waals surface area contributed by atoms with Crippen LogP contribution in [0.2, 0.25) is 0 Å². The van der Waals surface area contributed by atoms with Gasteiger partial charge in [-0.15, -0.1) is 6.58 Å². The molecule has 2 unspecified atom stereocenters. The molecule has 1 saturated heterocycles. The van der Waals surface area contributed by atoms with Crippen LogP contribution in [-0.4, -0.2) is 27.3 Å². The minimum atomic E-state index is -0.190. The Labute approximate surface area is 141 Å². The van der Waals surface area contributed by atoms with Crippen LogP contribution in [0.1, 0.15) is 26.2 Å². The molecule has 0 saturated carbocycles. The summed E-state index contributed by atoms with van der Waals surface area (Å²) in [6.45, 7) is 5.45. The summed E-state index contributed by atoms with van der Waals surface area (Å²) in [6, 6.07) is 0.606. The van der Waals surface area contributed by atoms with Crippen molar-refractivity contribution in [3.8, 4) is 0 Å². The molecule has 0 bridgehead atoms. The Bertz CT molecular complexity index is 246. The van der Waals surface area contributed by atoms with E-state index in [2.05, 4.69) is 29.2 Å². The van der Waals surface area contributed by atoms with Gasteiger partial charge in [-0.2, -0.15) is 0 Å². The zero-order valence-electron chi connectivity index (χ0n) is 9.00. The van der Waals surface area contributed by atoms with Crippen molar-refractivity contribution in [2.45, 2.75) is 38.3 Å². The van der Waals surface area contributed by atoms with Crippen molar-refractivity contribution in [2.75, 3.05) is 4.43 Å². The number of carbonyl (C=O) groups excluding carboxylic acids is 1. The second-order valence-electron chi connectivity index (χ2n) is 3.75. The molecule has 0 aromatic rings. The molecule has 1 aliphatic heterocycles. The number of hydrogen-bond donors (Lipinski definition) is 0. The Kier molecular flexibility index (Phi) is 8.09. The molecule has 1 N–H and O–H groups in total. The maximum absolute atomic E-state index is 11.7. The molecule has 1 rings (SSSR count). The number of hydrogen-bond acceptors (Lipinski definition) is 1. The van der Waals surface area contributed by atoms with Crippen molar-refractivity contribution in [1.29, 1.82) is 0 Å². The minimum absolute atomic E-state index is 0. The van der Waals surface area contributed by atoms with Crippen LogP contribution in [0.15, 0.2) is 12.3 Å². The second-order valence-corrected chi connectivity index (χ2v) is 4.83. The van der Waals surface area contributed by atoms with Crippen molar-refractivity contribution in [2.24, 2.45) is 0 Å². The molecule has 15 heavy (non-hydrogen) atoms. The first-order valence-electron chi connectivity index (χ1n) is 4.87. The maximum Gasteiger partial charge on any atom is 0.231 e. The van der Waals surface area contributed by atoms with E-state index in [-0.39, 0.29) is 61.7 Å². The van der Waals surface area contributed by atoms with Gasteiger partial charge in [-0.1, -0.05) is 28.3 Å². The Balaban J connectivity index is 0.00000196. The third kappa shape index (κ3) is 4.16. The number of nitrogens with one attached hydrogen (secondary N) is 1. The van der Waals surface area contributed by atoms with E-state index in [0.29, 0.717) is 6.04 Å². The fourth-order valence-corrected chi connectivity index (χ4v) is 2.72. The fraction of sp³-hybridized carbons (Fsp3) is 0.700. The molecule has 1 aliphatic rings. The molecule has 1 fully saturated rings. The molecule has 0 aromatic carbocycles. The summed E-state index contributed by atoms with van der Waals surface area (Å²) in [5.74, 6) is -0.190. The summed E-state index contributed by atoms with van der Waals surface area (Å²) in [5, 5.41) is 0. The predicted octanol–water partition coefficient (Wildman–Crippen LogP) is 2.76. The Morgan fingerprint density at radius 2 is 2.20 bits per heavy atom. The summed E-state index contributed by atoms with van der Waals surface area (Å²) in [4.78, 5) is 13.5. The summed E-state index contributed by atoms with van der Waals surface area (Å²) in [7, 11) is 0. The normalized spacial score (nSPS) is 24.8. The van der Waals surface area contributed by atoms with Gasteiger partial charge in [0.15, 0.2) is 0 Å². The van der Waals surface area contributed by atoms with Gasteiger partial charge in [0.25, 0.3) is 0 Å². The molecule has 1 heterocycles. The van der Waals surface area contributed by atoms with Crippen LogP contribution in [-0.2, 0) is 4.79 Å². The third-order valence-corrected chi connectivity index (χ3v) is 3.34. The Morgan fingerprint density at radius 1 is 1.60 bits per heavy atom. The number of nitrogens with zero attached hydrogens (tertiary/aromatic N) is 1. The van der Waals surface area contributed by atoms with Crippen LogP contribution in [0.25, 0.3) is 5.73 Å². The number of rotatable bonds is 3. The molecule has 5 heteroatoms. The Morgan fingerprint density at radius 3 is 2.67 bits per heavy atom. The molecular formula is C10H16AcIN2O-. The molecule has 83 valence electrons. The van der Waals surface area contributed by atoms with Crippen molar-refractivity contribution < 1.29 is 48.9 Å². The van der Waals surface area contributed by atoms with Gasteiger partial charge < -0.3 is 10.6 Å².